The number of aromatic amines is 1. The molecule has 1 fully saturated rings. The maximum atomic E-state index is 12.3. The van der Waals surface area contributed by atoms with Crippen molar-refractivity contribution in [3.8, 4) is 0 Å². The molecule has 130 valence electrons. The van der Waals surface area contributed by atoms with Gasteiger partial charge in [0.05, 0.1) is 16.2 Å². The fourth-order valence-corrected chi connectivity index (χ4v) is 3.93. The summed E-state index contributed by atoms with van der Waals surface area (Å²) in [5.41, 5.74) is 0.625. The number of para-hydroxylation sites is 1. The molecule has 1 aliphatic rings. The zero-order valence-corrected chi connectivity index (χ0v) is 15.4. The van der Waals surface area contributed by atoms with Gasteiger partial charge in [-0.2, -0.15) is 0 Å². The van der Waals surface area contributed by atoms with Gasteiger partial charge in [-0.05, 0) is 31.9 Å². The number of fused-ring (bicyclic) bond motifs is 1. The van der Waals surface area contributed by atoms with Crippen LogP contribution in [0.4, 0.5) is 0 Å². The molecule has 4 rings (SSSR count). The van der Waals surface area contributed by atoms with E-state index in [0.717, 1.165) is 16.5 Å². The molecule has 7 heteroatoms. The predicted molar refractivity (Wildman–Crippen MR) is 99.0 cm³/mol. The van der Waals surface area contributed by atoms with Gasteiger partial charge in [0, 0.05) is 12.0 Å². The molecule has 1 N–H and O–H groups in total. The molecule has 0 radical (unpaired) electrons. The van der Waals surface area contributed by atoms with Crippen LogP contribution in [0.2, 0.25) is 0 Å². The Morgan fingerprint density at radius 2 is 1.96 bits per heavy atom. The third-order valence-electron chi connectivity index (χ3n) is 4.42. The molecule has 6 nitrogen and oxygen atoms in total. The maximum absolute atomic E-state index is 12.3. The van der Waals surface area contributed by atoms with Crippen LogP contribution in [0, 0.1) is 0 Å². The lowest BCUT2D eigenvalue weighted by atomic mass is 10.2. The summed E-state index contributed by atoms with van der Waals surface area (Å²) >= 11 is 1.60. The number of H-pyrrole nitrogens is 1. The topological polar surface area (TPSA) is 76.5 Å². The zero-order chi connectivity index (χ0) is 17.6. The van der Waals surface area contributed by atoms with Gasteiger partial charge >= 0.3 is 0 Å². The molecular weight excluding hydrogens is 334 g/mol. The van der Waals surface area contributed by atoms with E-state index in [0.29, 0.717) is 23.2 Å². The first-order valence-electron chi connectivity index (χ1n) is 8.65. The van der Waals surface area contributed by atoms with Gasteiger partial charge in [-0.25, -0.2) is 4.98 Å². The van der Waals surface area contributed by atoms with Crippen molar-refractivity contribution in [1.29, 1.82) is 0 Å². The van der Waals surface area contributed by atoms with Crippen LogP contribution < -0.4 is 5.56 Å². The first-order valence-corrected chi connectivity index (χ1v) is 9.53. The second-order valence-electron chi connectivity index (χ2n) is 6.83. The highest BCUT2D eigenvalue weighted by Gasteiger charge is 2.31. The molecule has 0 spiro atoms. The highest BCUT2D eigenvalue weighted by molar-refractivity contribution is 7.99. The summed E-state index contributed by atoms with van der Waals surface area (Å²) in [6, 6.07) is 7.93. The molecule has 3 aromatic rings. The lowest BCUT2D eigenvalue weighted by Gasteiger charge is -2.14. The molecule has 1 atom stereocenters. The molecule has 0 aliphatic heterocycles. The Bertz CT molecular complexity index is 973. The van der Waals surface area contributed by atoms with Crippen molar-refractivity contribution in [2.45, 2.75) is 56.0 Å². The van der Waals surface area contributed by atoms with Crippen LogP contribution in [-0.4, -0.2) is 24.7 Å². The Kier molecular flexibility index (Phi) is 4.11. The fraction of sp³-hybridized carbons (Fsp3) is 0.444. The molecule has 25 heavy (non-hydrogen) atoms. The van der Waals surface area contributed by atoms with Crippen LogP contribution in [-0.2, 0) is 0 Å². The average Bonchev–Trinajstić information content (AvgIpc) is 3.35. The van der Waals surface area contributed by atoms with Crippen LogP contribution in [0.25, 0.3) is 10.9 Å². The number of nitrogens with one attached hydrogen (secondary N) is 1. The number of rotatable bonds is 5. The first kappa shape index (κ1) is 16.3. The Hall–Kier alpha value is -2.15. The number of benzene rings is 1. The van der Waals surface area contributed by atoms with Crippen molar-refractivity contribution in [3.63, 3.8) is 0 Å². The van der Waals surface area contributed by atoms with Gasteiger partial charge in [0.1, 0.15) is 11.6 Å². The third-order valence-corrected chi connectivity index (χ3v) is 5.48. The molecule has 0 amide bonds. The molecule has 2 aromatic heterocycles. The number of thioether (sulfide) groups is 1. The lowest BCUT2D eigenvalue weighted by Crippen LogP contribution is -2.13. The smallest absolute Gasteiger partial charge is 0.258 e. The van der Waals surface area contributed by atoms with Crippen LogP contribution in [0.1, 0.15) is 62.5 Å². The summed E-state index contributed by atoms with van der Waals surface area (Å²) in [5, 5.41) is 10.3. The number of aromatic nitrogens is 5. The Balaban J connectivity index is 1.67. The van der Waals surface area contributed by atoms with E-state index >= 15 is 0 Å². The molecule has 0 saturated heterocycles. The highest BCUT2D eigenvalue weighted by atomic mass is 32.2. The van der Waals surface area contributed by atoms with Crippen molar-refractivity contribution in [2.75, 3.05) is 0 Å². The zero-order valence-electron chi connectivity index (χ0n) is 14.6. The minimum Gasteiger partial charge on any atom is -0.309 e. The summed E-state index contributed by atoms with van der Waals surface area (Å²) in [7, 11) is 0. The lowest BCUT2D eigenvalue weighted by molar-refractivity contribution is 0.598. The van der Waals surface area contributed by atoms with Crippen molar-refractivity contribution in [2.24, 2.45) is 0 Å². The Labute approximate surface area is 150 Å². The van der Waals surface area contributed by atoms with Crippen LogP contribution in [0.3, 0.4) is 0 Å². The van der Waals surface area contributed by atoms with E-state index < -0.39 is 0 Å². The molecular formula is C18H21N5OS. The Morgan fingerprint density at radius 1 is 1.20 bits per heavy atom. The van der Waals surface area contributed by atoms with Gasteiger partial charge in [0.25, 0.3) is 5.56 Å². The number of nitrogens with zero attached hydrogens (tertiary/aromatic N) is 4. The summed E-state index contributed by atoms with van der Waals surface area (Å²) < 4.78 is 2.27. The molecule has 1 unspecified atom stereocenters. The van der Waals surface area contributed by atoms with E-state index in [4.69, 9.17) is 0 Å². The Morgan fingerprint density at radius 3 is 2.68 bits per heavy atom. The molecule has 2 heterocycles. The average molecular weight is 355 g/mol. The first-order chi connectivity index (χ1) is 12.0. The standard InChI is InChI=1S/C18H21N5OS/c1-10(2)16-21-22-18(23(16)12-8-9-12)25-11(3)15-19-14-7-5-4-6-13(14)17(24)20-15/h4-7,10-12H,8-9H2,1-3H3,(H,19,20,24). The molecule has 0 bridgehead atoms. The van der Waals surface area contributed by atoms with Crippen molar-refractivity contribution in [3.05, 3.63) is 46.3 Å². The second-order valence-corrected chi connectivity index (χ2v) is 8.13. The van der Waals surface area contributed by atoms with Gasteiger partial charge in [-0.1, -0.05) is 37.7 Å². The quantitative estimate of drug-likeness (QED) is 0.704. The van der Waals surface area contributed by atoms with Gasteiger partial charge in [0.2, 0.25) is 0 Å². The number of hydrogen-bond donors (Lipinski definition) is 1. The van der Waals surface area contributed by atoms with Gasteiger partial charge in [-0.3, -0.25) is 4.79 Å². The second kappa shape index (κ2) is 6.29. The minimum atomic E-state index is -0.0976. The largest absolute Gasteiger partial charge is 0.309 e. The molecule has 1 saturated carbocycles. The van der Waals surface area contributed by atoms with E-state index in [2.05, 4.69) is 38.6 Å². The van der Waals surface area contributed by atoms with Crippen LogP contribution in [0.5, 0.6) is 0 Å². The predicted octanol–water partition coefficient (Wildman–Crippen LogP) is 3.83. The highest BCUT2D eigenvalue weighted by Crippen LogP contribution is 2.42. The third kappa shape index (κ3) is 3.08. The summed E-state index contributed by atoms with van der Waals surface area (Å²) in [4.78, 5) is 19.8. The van der Waals surface area contributed by atoms with E-state index in [-0.39, 0.29) is 10.8 Å². The van der Waals surface area contributed by atoms with Gasteiger partial charge in [0.15, 0.2) is 5.16 Å². The summed E-state index contributed by atoms with van der Waals surface area (Å²) in [6.45, 7) is 6.32. The minimum absolute atomic E-state index is 0.0148. The SMILES string of the molecule is CC(C)c1nnc(SC(C)c2nc3ccccc3c(=O)[nH]2)n1C1CC1. The van der Waals surface area contributed by atoms with Crippen LogP contribution in [0.15, 0.2) is 34.2 Å². The molecule has 1 aromatic carbocycles. The van der Waals surface area contributed by atoms with E-state index in [1.165, 1.54) is 12.8 Å². The maximum Gasteiger partial charge on any atom is 0.258 e. The normalized spacial score (nSPS) is 15.8. The van der Waals surface area contributed by atoms with Crippen molar-refractivity contribution < 1.29 is 0 Å². The summed E-state index contributed by atoms with van der Waals surface area (Å²) in [5.74, 6) is 2.05. The molecule has 1 aliphatic carbocycles. The van der Waals surface area contributed by atoms with E-state index in [9.17, 15) is 4.79 Å². The fourth-order valence-electron chi connectivity index (χ4n) is 2.95. The summed E-state index contributed by atoms with van der Waals surface area (Å²) in [6.07, 6.45) is 2.37. The van der Waals surface area contributed by atoms with Gasteiger partial charge in [-0.15, -0.1) is 10.2 Å². The van der Waals surface area contributed by atoms with Crippen molar-refractivity contribution in [1.82, 2.24) is 24.7 Å². The van der Waals surface area contributed by atoms with E-state index in [1.54, 1.807) is 17.8 Å². The number of hydrogen-bond acceptors (Lipinski definition) is 5. The monoisotopic (exact) mass is 355 g/mol. The van der Waals surface area contributed by atoms with Crippen LogP contribution >= 0.6 is 11.8 Å². The van der Waals surface area contributed by atoms with Gasteiger partial charge < -0.3 is 9.55 Å². The van der Waals surface area contributed by atoms with E-state index in [1.807, 2.05) is 25.1 Å². The van der Waals surface area contributed by atoms with Crippen molar-refractivity contribution >= 4 is 22.7 Å².